The van der Waals surface area contributed by atoms with E-state index in [1.165, 1.54) is 11.1 Å². The Kier molecular flexibility index (Phi) is 5.68. The average Bonchev–Trinajstić information content (AvgIpc) is 3.15. The summed E-state index contributed by atoms with van der Waals surface area (Å²) >= 11 is 0. The predicted molar refractivity (Wildman–Crippen MR) is 103 cm³/mol. The van der Waals surface area contributed by atoms with Gasteiger partial charge in [-0.1, -0.05) is 48.0 Å². The first kappa shape index (κ1) is 17.0. The van der Waals surface area contributed by atoms with Gasteiger partial charge in [0.25, 0.3) is 0 Å². The summed E-state index contributed by atoms with van der Waals surface area (Å²) in [7, 11) is 0. The number of aryl methyl sites for hydroxylation is 1. The number of aromatic nitrogens is 2. The maximum Gasteiger partial charge on any atom is 0.128 e. The second kappa shape index (κ2) is 8.34. The topological polar surface area (TPSA) is 27.1 Å². The predicted octanol–water partition coefficient (Wildman–Crippen LogP) is 5.19. The lowest BCUT2D eigenvalue weighted by molar-refractivity contribution is 0.310. The number of benzene rings is 2. The largest absolute Gasteiger partial charge is 0.493 e. The molecule has 1 aromatic heterocycles. The van der Waals surface area contributed by atoms with Crippen LogP contribution in [0.5, 0.6) is 5.75 Å². The third-order valence-corrected chi connectivity index (χ3v) is 4.09. The number of ether oxygens (including phenoxy) is 1. The van der Waals surface area contributed by atoms with Crippen LogP contribution in [0.15, 0.2) is 78.9 Å². The third kappa shape index (κ3) is 4.38. The number of hydrogen-bond donors (Lipinski definition) is 0. The van der Waals surface area contributed by atoms with Crippen molar-refractivity contribution < 1.29 is 4.74 Å². The molecule has 0 aliphatic rings. The smallest absolute Gasteiger partial charge is 0.128 e. The highest BCUT2D eigenvalue weighted by Gasteiger charge is 2.12. The molecule has 0 fully saturated rings. The van der Waals surface area contributed by atoms with Crippen LogP contribution >= 0.6 is 0 Å². The van der Waals surface area contributed by atoms with Gasteiger partial charge >= 0.3 is 0 Å². The number of para-hydroxylation sites is 1. The molecular weight excluding hydrogens is 308 g/mol. The van der Waals surface area contributed by atoms with Gasteiger partial charge in [0.2, 0.25) is 0 Å². The molecule has 128 valence electrons. The minimum Gasteiger partial charge on any atom is -0.493 e. The normalized spacial score (nSPS) is 10.5. The van der Waals surface area contributed by atoms with E-state index in [0.29, 0.717) is 6.61 Å². The van der Waals surface area contributed by atoms with Gasteiger partial charge in [0.1, 0.15) is 5.75 Å². The molecule has 0 aliphatic heterocycles. The molecule has 1 heterocycles. The second-order valence-corrected chi connectivity index (χ2v) is 6.25. The molecule has 0 N–H and O–H groups in total. The molecule has 25 heavy (non-hydrogen) atoms. The fraction of sp³-hybridized carbons (Fsp3) is 0.227. The van der Waals surface area contributed by atoms with E-state index in [4.69, 9.17) is 4.74 Å². The lowest BCUT2D eigenvalue weighted by Gasteiger charge is -2.16. The van der Waals surface area contributed by atoms with E-state index in [1.54, 1.807) is 6.20 Å². The van der Waals surface area contributed by atoms with E-state index < -0.39 is 0 Å². The van der Waals surface area contributed by atoms with E-state index in [9.17, 15) is 0 Å². The molecule has 0 atom stereocenters. The third-order valence-electron chi connectivity index (χ3n) is 4.09. The summed E-state index contributed by atoms with van der Waals surface area (Å²) in [6.07, 6.45) is 7.61. The van der Waals surface area contributed by atoms with Crippen molar-refractivity contribution in [2.45, 2.75) is 26.7 Å². The van der Waals surface area contributed by atoms with E-state index in [1.807, 2.05) is 41.4 Å². The van der Waals surface area contributed by atoms with Gasteiger partial charge in [0.05, 0.1) is 18.6 Å². The number of rotatable bonds is 7. The highest BCUT2D eigenvalue weighted by Crippen LogP contribution is 2.29. The van der Waals surface area contributed by atoms with Gasteiger partial charge in [-0.3, -0.25) is 0 Å². The van der Waals surface area contributed by atoms with Gasteiger partial charge in [0.15, 0.2) is 0 Å². The van der Waals surface area contributed by atoms with Crippen LogP contribution in [-0.2, 0) is 6.42 Å². The molecule has 3 aromatic rings. The zero-order valence-corrected chi connectivity index (χ0v) is 14.9. The van der Waals surface area contributed by atoms with Crippen molar-refractivity contribution in [3.63, 3.8) is 0 Å². The highest BCUT2D eigenvalue weighted by molar-refractivity contribution is 5.72. The van der Waals surface area contributed by atoms with Gasteiger partial charge < -0.3 is 9.30 Å². The Balaban J connectivity index is 1.72. The number of nitrogens with zero attached hydrogens (tertiary/aromatic N) is 2. The van der Waals surface area contributed by atoms with Crippen molar-refractivity contribution in [1.82, 2.24) is 9.55 Å². The summed E-state index contributed by atoms with van der Waals surface area (Å²) < 4.78 is 8.16. The van der Waals surface area contributed by atoms with Crippen LogP contribution in [-0.4, -0.2) is 16.2 Å². The van der Waals surface area contributed by atoms with Gasteiger partial charge in [-0.05, 0) is 44.4 Å². The number of hydrogen-bond acceptors (Lipinski definition) is 2. The summed E-state index contributed by atoms with van der Waals surface area (Å²) in [6.45, 7) is 4.93. The number of allylic oxidation sites excluding steroid dienone is 1. The van der Waals surface area contributed by atoms with E-state index in [-0.39, 0.29) is 0 Å². The lowest BCUT2D eigenvalue weighted by Crippen LogP contribution is -2.05. The van der Waals surface area contributed by atoms with Crippen LogP contribution in [0.1, 0.15) is 31.4 Å². The Hall–Kier alpha value is -2.81. The maximum absolute atomic E-state index is 6.12. The van der Waals surface area contributed by atoms with Crippen LogP contribution in [0, 0.1) is 0 Å². The first-order valence-corrected chi connectivity index (χ1v) is 8.67. The first-order chi connectivity index (χ1) is 12.3. The zero-order chi connectivity index (χ0) is 17.5. The van der Waals surface area contributed by atoms with Gasteiger partial charge in [0, 0.05) is 18.0 Å². The van der Waals surface area contributed by atoms with Crippen molar-refractivity contribution in [3.8, 4) is 5.75 Å². The monoisotopic (exact) mass is 332 g/mol. The molecule has 0 unspecified atom stereocenters. The zero-order valence-electron chi connectivity index (χ0n) is 14.9. The van der Waals surface area contributed by atoms with Crippen molar-refractivity contribution in [2.75, 3.05) is 6.61 Å². The summed E-state index contributed by atoms with van der Waals surface area (Å²) in [5.74, 6) is 0.917. The minimum atomic E-state index is 0.700. The molecule has 3 heteroatoms. The Bertz CT molecular complexity index is 816. The Morgan fingerprint density at radius 3 is 2.48 bits per heavy atom. The summed E-state index contributed by atoms with van der Waals surface area (Å²) in [6, 6.07) is 18.7. The fourth-order valence-electron chi connectivity index (χ4n) is 2.95. The molecule has 0 bridgehead atoms. The second-order valence-electron chi connectivity index (χ2n) is 6.25. The molecular formula is C22H24N2O. The van der Waals surface area contributed by atoms with E-state index in [0.717, 1.165) is 29.9 Å². The summed E-state index contributed by atoms with van der Waals surface area (Å²) in [4.78, 5) is 4.18. The molecule has 0 aliphatic carbocycles. The van der Waals surface area contributed by atoms with Gasteiger partial charge in [-0.15, -0.1) is 0 Å². The van der Waals surface area contributed by atoms with Crippen molar-refractivity contribution in [3.05, 3.63) is 90.0 Å². The molecule has 0 saturated heterocycles. The van der Waals surface area contributed by atoms with Crippen molar-refractivity contribution in [2.24, 2.45) is 0 Å². The molecule has 0 amide bonds. The van der Waals surface area contributed by atoms with Crippen LogP contribution < -0.4 is 4.74 Å². The SMILES string of the molecule is CC(C)=C(c1ccccc1OCCCc1ccccc1)n1ccnc1. The summed E-state index contributed by atoms with van der Waals surface area (Å²) in [5, 5.41) is 0. The Morgan fingerprint density at radius 1 is 1.00 bits per heavy atom. The molecule has 0 saturated carbocycles. The molecule has 3 nitrogen and oxygen atoms in total. The highest BCUT2D eigenvalue weighted by atomic mass is 16.5. The first-order valence-electron chi connectivity index (χ1n) is 8.67. The quantitative estimate of drug-likeness (QED) is 0.556. The standard InChI is InChI=1S/C22H24N2O/c1-18(2)22(24-15-14-23-17-24)20-12-6-7-13-21(20)25-16-8-11-19-9-4-3-5-10-19/h3-7,9-10,12-15,17H,8,11,16H2,1-2H3. The number of imidazole rings is 1. The van der Waals surface area contributed by atoms with Gasteiger partial charge in [-0.25, -0.2) is 4.98 Å². The molecule has 0 spiro atoms. The lowest BCUT2D eigenvalue weighted by atomic mass is 10.1. The van der Waals surface area contributed by atoms with Crippen molar-refractivity contribution >= 4 is 5.70 Å². The Morgan fingerprint density at radius 2 is 1.76 bits per heavy atom. The molecule has 3 rings (SSSR count). The summed E-state index contributed by atoms with van der Waals surface area (Å²) in [5.41, 5.74) is 4.79. The van der Waals surface area contributed by atoms with Crippen molar-refractivity contribution in [1.29, 1.82) is 0 Å². The van der Waals surface area contributed by atoms with Gasteiger partial charge in [-0.2, -0.15) is 0 Å². The van der Waals surface area contributed by atoms with E-state index >= 15 is 0 Å². The van der Waals surface area contributed by atoms with Crippen LogP contribution in [0.4, 0.5) is 0 Å². The van der Waals surface area contributed by atoms with Crippen LogP contribution in [0.3, 0.4) is 0 Å². The average molecular weight is 332 g/mol. The fourth-order valence-corrected chi connectivity index (χ4v) is 2.95. The minimum absolute atomic E-state index is 0.700. The van der Waals surface area contributed by atoms with Crippen LogP contribution in [0.25, 0.3) is 5.70 Å². The Labute approximate surface area is 149 Å². The molecule has 0 radical (unpaired) electrons. The molecule has 2 aromatic carbocycles. The van der Waals surface area contributed by atoms with Crippen LogP contribution in [0.2, 0.25) is 0 Å². The van der Waals surface area contributed by atoms with E-state index in [2.05, 4.69) is 49.2 Å². The maximum atomic E-state index is 6.12.